The van der Waals surface area contributed by atoms with Gasteiger partial charge >= 0.3 is 0 Å². The van der Waals surface area contributed by atoms with Gasteiger partial charge in [-0.15, -0.1) is 0 Å². The summed E-state index contributed by atoms with van der Waals surface area (Å²) in [4.78, 5) is 19.3. The quantitative estimate of drug-likeness (QED) is 0.870. The molecule has 1 N–H and O–H groups in total. The molecule has 0 aromatic heterocycles. The predicted octanol–water partition coefficient (Wildman–Crippen LogP) is 1.73. The lowest BCUT2D eigenvalue weighted by atomic mass is 9.91. The molecule has 0 saturated carbocycles. The maximum atomic E-state index is 12.7. The van der Waals surface area contributed by atoms with E-state index in [-0.39, 0.29) is 18.6 Å². The van der Waals surface area contributed by atoms with Crippen molar-refractivity contribution in [2.24, 2.45) is 5.92 Å². The molecule has 2 heterocycles. The molecule has 1 amide bonds. The van der Waals surface area contributed by atoms with Crippen LogP contribution < -0.4 is 0 Å². The molecule has 2 aliphatic heterocycles. The average Bonchev–Trinajstić information content (AvgIpc) is 2.62. The Morgan fingerprint density at radius 3 is 2.65 bits per heavy atom. The third kappa shape index (κ3) is 4.84. The van der Waals surface area contributed by atoms with E-state index in [1.807, 2.05) is 4.90 Å². The van der Waals surface area contributed by atoms with Crippen LogP contribution in [0.25, 0.3) is 0 Å². The maximum Gasteiger partial charge on any atom is 0.236 e. The Bertz CT molecular complexity index is 599. The van der Waals surface area contributed by atoms with Crippen LogP contribution in [-0.2, 0) is 11.3 Å². The fraction of sp³-hybridized carbons (Fsp3) is 0.667. The fourth-order valence-corrected chi connectivity index (χ4v) is 4.32. The molecule has 26 heavy (non-hydrogen) atoms. The molecule has 0 spiro atoms. The van der Waals surface area contributed by atoms with E-state index < -0.39 is 0 Å². The largest absolute Gasteiger partial charge is 0.395 e. The first-order valence-corrected chi connectivity index (χ1v) is 9.97. The van der Waals surface area contributed by atoms with Gasteiger partial charge in [0.2, 0.25) is 5.91 Å². The Kier molecular flexibility index (Phi) is 6.68. The molecule has 5 nitrogen and oxygen atoms in total. The normalized spacial score (nSPS) is 25.4. The van der Waals surface area contributed by atoms with Gasteiger partial charge in [-0.3, -0.25) is 14.6 Å². The van der Waals surface area contributed by atoms with Gasteiger partial charge in [0.05, 0.1) is 13.2 Å². The number of aliphatic hydroxyl groups is 1. The van der Waals surface area contributed by atoms with Crippen molar-refractivity contribution in [2.45, 2.75) is 39.3 Å². The Morgan fingerprint density at radius 2 is 1.96 bits per heavy atom. The van der Waals surface area contributed by atoms with E-state index in [0.717, 1.165) is 52.1 Å². The van der Waals surface area contributed by atoms with Crippen molar-refractivity contribution in [2.75, 3.05) is 45.9 Å². The number of aliphatic hydroxyl groups excluding tert-OH is 1. The first-order valence-electron chi connectivity index (χ1n) is 9.97. The zero-order chi connectivity index (χ0) is 18.5. The Balaban J connectivity index is 1.47. The Morgan fingerprint density at radius 1 is 1.19 bits per heavy atom. The highest BCUT2D eigenvalue weighted by molar-refractivity contribution is 5.78. The fourth-order valence-electron chi connectivity index (χ4n) is 4.32. The van der Waals surface area contributed by atoms with Crippen LogP contribution in [0.2, 0.25) is 0 Å². The van der Waals surface area contributed by atoms with E-state index in [9.17, 15) is 9.90 Å². The molecular weight excluding hydrogens is 326 g/mol. The number of hydrogen-bond donors (Lipinski definition) is 1. The number of benzene rings is 1. The molecule has 0 bridgehead atoms. The molecule has 2 saturated heterocycles. The smallest absolute Gasteiger partial charge is 0.236 e. The van der Waals surface area contributed by atoms with E-state index in [1.165, 1.54) is 11.1 Å². The van der Waals surface area contributed by atoms with Crippen molar-refractivity contribution in [3.8, 4) is 0 Å². The number of carbonyl (C=O) groups excluding carboxylic acids is 1. The molecule has 144 valence electrons. The maximum absolute atomic E-state index is 12.7. The number of hydrogen-bond acceptors (Lipinski definition) is 4. The minimum atomic E-state index is 0.135. The summed E-state index contributed by atoms with van der Waals surface area (Å²) < 4.78 is 0. The number of amides is 1. The lowest BCUT2D eigenvalue weighted by Crippen LogP contribution is -2.54. The number of carbonyl (C=O) groups is 1. The molecular formula is C21H33N3O2. The Labute approximate surface area is 157 Å². The van der Waals surface area contributed by atoms with Gasteiger partial charge in [-0.1, -0.05) is 36.8 Å². The van der Waals surface area contributed by atoms with Gasteiger partial charge in [0.1, 0.15) is 0 Å². The van der Waals surface area contributed by atoms with Crippen molar-refractivity contribution in [3.05, 3.63) is 35.4 Å². The van der Waals surface area contributed by atoms with Crippen molar-refractivity contribution >= 4 is 5.91 Å². The monoisotopic (exact) mass is 359 g/mol. The van der Waals surface area contributed by atoms with Gasteiger partial charge in [0.25, 0.3) is 0 Å². The third-order valence-electron chi connectivity index (χ3n) is 5.97. The van der Waals surface area contributed by atoms with Crippen molar-refractivity contribution in [1.82, 2.24) is 14.7 Å². The molecule has 2 aliphatic rings. The summed E-state index contributed by atoms with van der Waals surface area (Å²) in [5.41, 5.74) is 2.64. The van der Waals surface area contributed by atoms with E-state index in [0.29, 0.717) is 12.5 Å². The average molecular weight is 360 g/mol. The van der Waals surface area contributed by atoms with Crippen LogP contribution >= 0.6 is 0 Å². The summed E-state index contributed by atoms with van der Waals surface area (Å²) in [5, 5.41) is 9.68. The van der Waals surface area contributed by atoms with E-state index in [1.54, 1.807) is 0 Å². The highest BCUT2D eigenvalue weighted by Crippen LogP contribution is 2.23. The summed E-state index contributed by atoms with van der Waals surface area (Å²) in [6.07, 6.45) is 2.27. The highest BCUT2D eigenvalue weighted by Gasteiger charge is 2.31. The number of aryl methyl sites for hydroxylation is 1. The van der Waals surface area contributed by atoms with Crippen molar-refractivity contribution in [1.29, 1.82) is 0 Å². The highest BCUT2D eigenvalue weighted by atomic mass is 16.3. The second-order valence-corrected chi connectivity index (χ2v) is 7.99. The van der Waals surface area contributed by atoms with Gasteiger partial charge in [0.15, 0.2) is 0 Å². The van der Waals surface area contributed by atoms with Crippen LogP contribution in [0.1, 0.15) is 30.9 Å². The van der Waals surface area contributed by atoms with Crippen LogP contribution in [0.4, 0.5) is 0 Å². The third-order valence-corrected chi connectivity index (χ3v) is 5.97. The summed E-state index contributed by atoms with van der Waals surface area (Å²) >= 11 is 0. The van der Waals surface area contributed by atoms with Gasteiger partial charge in [-0.25, -0.2) is 0 Å². The first-order chi connectivity index (χ1) is 12.6. The summed E-state index contributed by atoms with van der Waals surface area (Å²) in [5.74, 6) is 0.681. The molecule has 3 rings (SSSR count). The van der Waals surface area contributed by atoms with E-state index in [2.05, 4.69) is 47.9 Å². The Hall–Kier alpha value is -1.43. The minimum Gasteiger partial charge on any atom is -0.395 e. The lowest BCUT2D eigenvalue weighted by Gasteiger charge is -2.40. The molecule has 2 atom stereocenters. The number of piperidine rings is 1. The van der Waals surface area contributed by atoms with E-state index >= 15 is 0 Å². The molecule has 0 radical (unpaired) electrons. The lowest BCUT2D eigenvalue weighted by molar-refractivity contribution is -0.135. The molecule has 2 fully saturated rings. The topological polar surface area (TPSA) is 47.0 Å². The standard InChI is InChI=1S/C21H33N3O2/c1-17-5-3-7-19(13-17)14-22-9-11-23(12-10-22)21(26)15-24-8-4-6-18(2)20(24)16-25/h3,5,7,13,18,20,25H,4,6,8-12,14-16H2,1-2H3/t18-,20+/m1/s1. The molecule has 1 aromatic rings. The zero-order valence-electron chi connectivity index (χ0n) is 16.2. The second-order valence-electron chi connectivity index (χ2n) is 7.99. The van der Waals surface area contributed by atoms with Crippen LogP contribution in [0.15, 0.2) is 24.3 Å². The summed E-state index contributed by atoms with van der Waals surface area (Å²) in [7, 11) is 0. The van der Waals surface area contributed by atoms with Gasteiger partial charge in [0, 0.05) is 38.8 Å². The van der Waals surface area contributed by atoms with Crippen LogP contribution in [-0.4, -0.2) is 77.6 Å². The molecule has 1 aromatic carbocycles. The number of piperazine rings is 1. The van der Waals surface area contributed by atoms with Gasteiger partial charge < -0.3 is 10.0 Å². The van der Waals surface area contributed by atoms with Gasteiger partial charge in [-0.05, 0) is 37.8 Å². The summed E-state index contributed by atoms with van der Waals surface area (Å²) in [6, 6.07) is 8.79. The number of rotatable bonds is 5. The molecule has 5 heteroatoms. The minimum absolute atomic E-state index is 0.135. The van der Waals surface area contributed by atoms with Crippen LogP contribution in [0, 0.1) is 12.8 Å². The van der Waals surface area contributed by atoms with Crippen LogP contribution in [0.3, 0.4) is 0 Å². The molecule has 0 aliphatic carbocycles. The number of nitrogens with zero attached hydrogens (tertiary/aromatic N) is 3. The predicted molar refractivity (Wildman–Crippen MR) is 104 cm³/mol. The SMILES string of the molecule is Cc1cccc(CN2CCN(C(=O)CN3CCC[C@@H](C)[C@@H]3CO)CC2)c1. The van der Waals surface area contributed by atoms with Gasteiger partial charge in [-0.2, -0.15) is 0 Å². The van der Waals surface area contributed by atoms with Crippen molar-refractivity contribution < 1.29 is 9.90 Å². The number of likely N-dealkylation sites (tertiary alicyclic amines) is 1. The van der Waals surface area contributed by atoms with Crippen molar-refractivity contribution in [3.63, 3.8) is 0 Å². The summed E-state index contributed by atoms with van der Waals surface area (Å²) in [6.45, 7) is 10.3. The van der Waals surface area contributed by atoms with Crippen LogP contribution in [0.5, 0.6) is 0 Å². The second kappa shape index (κ2) is 8.98. The first kappa shape index (κ1) is 19.3. The zero-order valence-corrected chi connectivity index (χ0v) is 16.2. The van der Waals surface area contributed by atoms with E-state index in [4.69, 9.17) is 0 Å². The molecule has 0 unspecified atom stereocenters.